The first-order valence-electron chi connectivity index (χ1n) is 6.76. The van der Waals surface area contributed by atoms with E-state index in [2.05, 4.69) is 47.0 Å². The fourth-order valence-electron chi connectivity index (χ4n) is 3.12. The van der Waals surface area contributed by atoms with Crippen LogP contribution in [-0.4, -0.2) is 29.2 Å². The Morgan fingerprint density at radius 2 is 1.94 bits per heavy atom. The zero-order chi connectivity index (χ0) is 12.5. The van der Waals surface area contributed by atoms with E-state index in [1.165, 1.54) is 29.3 Å². The molecule has 0 radical (unpaired) electrons. The molecule has 0 bridgehead atoms. The van der Waals surface area contributed by atoms with Gasteiger partial charge in [0.15, 0.2) is 0 Å². The Hall–Kier alpha value is -1.32. The van der Waals surface area contributed by atoms with Gasteiger partial charge >= 0.3 is 0 Å². The summed E-state index contributed by atoms with van der Waals surface area (Å²) in [5.41, 5.74) is 8.56. The Morgan fingerprint density at radius 3 is 2.67 bits per heavy atom. The highest BCUT2D eigenvalue weighted by molar-refractivity contribution is 5.84. The standard InChI is InChI=1S/C15H21N3/c1-17-10-14(13-4-2-3-5-15(13)17)12-6-8-18(11-16)9-7-12/h2-5,10,12H,6-9,11,16H2,1H3. The van der Waals surface area contributed by atoms with Gasteiger partial charge in [0, 0.05) is 30.8 Å². The first-order chi connectivity index (χ1) is 8.79. The predicted molar refractivity (Wildman–Crippen MR) is 75.5 cm³/mol. The fourth-order valence-corrected chi connectivity index (χ4v) is 3.12. The summed E-state index contributed by atoms with van der Waals surface area (Å²) >= 11 is 0. The van der Waals surface area contributed by atoms with Gasteiger partial charge in [0.05, 0.1) is 0 Å². The summed E-state index contributed by atoms with van der Waals surface area (Å²) in [7, 11) is 2.14. The Kier molecular flexibility index (Phi) is 3.10. The van der Waals surface area contributed by atoms with E-state index < -0.39 is 0 Å². The first kappa shape index (κ1) is 11.8. The molecule has 1 aromatic carbocycles. The molecule has 18 heavy (non-hydrogen) atoms. The molecule has 0 saturated carbocycles. The van der Waals surface area contributed by atoms with E-state index in [1.807, 2.05) is 0 Å². The quantitative estimate of drug-likeness (QED) is 0.878. The van der Waals surface area contributed by atoms with Crippen molar-refractivity contribution in [3.63, 3.8) is 0 Å². The van der Waals surface area contributed by atoms with Gasteiger partial charge in [0.1, 0.15) is 0 Å². The molecule has 1 aromatic heterocycles. The maximum atomic E-state index is 5.70. The number of likely N-dealkylation sites (tertiary alicyclic amines) is 1. The van der Waals surface area contributed by atoms with Crippen LogP contribution in [0.2, 0.25) is 0 Å². The number of aryl methyl sites for hydroxylation is 1. The summed E-state index contributed by atoms with van der Waals surface area (Å²) in [4.78, 5) is 2.33. The molecule has 1 fully saturated rings. The Bertz CT molecular complexity index is 536. The topological polar surface area (TPSA) is 34.2 Å². The van der Waals surface area contributed by atoms with Gasteiger partial charge in [-0.15, -0.1) is 0 Å². The van der Waals surface area contributed by atoms with Crippen molar-refractivity contribution in [3.8, 4) is 0 Å². The summed E-state index contributed by atoms with van der Waals surface area (Å²) in [5.74, 6) is 0.693. The molecule has 2 aromatic rings. The molecule has 0 aliphatic carbocycles. The van der Waals surface area contributed by atoms with E-state index >= 15 is 0 Å². The molecule has 3 heteroatoms. The monoisotopic (exact) mass is 243 g/mol. The molecule has 1 aliphatic rings. The van der Waals surface area contributed by atoms with Crippen molar-refractivity contribution in [2.24, 2.45) is 12.8 Å². The molecular formula is C15H21N3. The van der Waals surface area contributed by atoms with Gasteiger partial charge in [-0.3, -0.25) is 4.90 Å². The van der Waals surface area contributed by atoms with E-state index in [-0.39, 0.29) is 0 Å². The third kappa shape index (κ3) is 1.93. The Labute approximate surface area is 108 Å². The molecule has 0 unspecified atom stereocenters. The lowest BCUT2D eigenvalue weighted by Crippen LogP contribution is -2.36. The van der Waals surface area contributed by atoms with Crippen LogP contribution < -0.4 is 5.73 Å². The van der Waals surface area contributed by atoms with Crippen LogP contribution in [-0.2, 0) is 7.05 Å². The number of nitrogens with two attached hydrogens (primary N) is 1. The van der Waals surface area contributed by atoms with Crippen LogP contribution in [0, 0.1) is 0 Å². The van der Waals surface area contributed by atoms with Crippen LogP contribution in [0.3, 0.4) is 0 Å². The highest BCUT2D eigenvalue weighted by Gasteiger charge is 2.22. The summed E-state index contributed by atoms with van der Waals surface area (Å²) in [6.45, 7) is 2.96. The predicted octanol–water partition coefficient (Wildman–Crippen LogP) is 2.27. The number of piperidine rings is 1. The number of hydrogen-bond donors (Lipinski definition) is 1. The van der Waals surface area contributed by atoms with Crippen molar-refractivity contribution in [2.75, 3.05) is 19.8 Å². The highest BCUT2D eigenvalue weighted by atomic mass is 15.2. The lowest BCUT2D eigenvalue weighted by Gasteiger charge is -2.30. The van der Waals surface area contributed by atoms with E-state index in [0.29, 0.717) is 12.6 Å². The molecule has 0 amide bonds. The highest BCUT2D eigenvalue weighted by Crippen LogP contribution is 2.33. The van der Waals surface area contributed by atoms with Crippen molar-refractivity contribution >= 4 is 10.9 Å². The number of aromatic nitrogens is 1. The van der Waals surface area contributed by atoms with Crippen LogP contribution in [0.4, 0.5) is 0 Å². The van der Waals surface area contributed by atoms with Gasteiger partial charge in [-0.1, -0.05) is 18.2 Å². The van der Waals surface area contributed by atoms with Crippen LogP contribution in [0.25, 0.3) is 10.9 Å². The van der Waals surface area contributed by atoms with Crippen molar-refractivity contribution in [2.45, 2.75) is 18.8 Å². The van der Waals surface area contributed by atoms with Crippen LogP contribution in [0.5, 0.6) is 0 Å². The van der Waals surface area contributed by atoms with Crippen molar-refractivity contribution in [1.82, 2.24) is 9.47 Å². The Balaban J connectivity index is 1.91. The zero-order valence-electron chi connectivity index (χ0n) is 11.0. The average Bonchev–Trinajstić information content (AvgIpc) is 2.77. The lowest BCUT2D eigenvalue weighted by atomic mass is 9.89. The van der Waals surface area contributed by atoms with Gasteiger partial charge < -0.3 is 10.3 Å². The molecule has 2 N–H and O–H groups in total. The molecule has 96 valence electrons. The largest absolute Gasteiger partial charge is 0.350 e. The van der Waals surface area contributed by atoms with Crippen LogP contribution in [0.1, 0.15) is 24.3 Å². The van der Waals surface area contributed by atoms with Gasteiger partial charge in [0.25, 0.3) is 0 Å². The second kappa shape index (κ2) is 4.75. The third-order valence-electron chi connectivity index (χ3n) is 4.21. The SMILES string of the molecule is Cn1cc(C2CCN(CN)CC2)c2ccccc21. The van der Waals surface area contributed by atoms with Crippen LogP contribution >= 0.6 is 0 Å². The maximum Gasteiger partial charge on any atom is 0.0480 e. The van der Waals surface area contributed by atoms with Crippen molar-refractivity contribution < 1.29 is 0 Å². The summed E-state index contributed by atoms with van der Waals surface area (Å²) in [6.07, 6.45) is 4.77. The lowest BCUT2D eigenvalue weighted by molar-refractivity contribution is 0.218. The van der Waals surface area contributed by atoms with E-state index in [1.54, 1.807) is 0 Å². The van der Waals surface area contributed by atoms with E-state index in [4.69, 9.17) is 5.73 Å². The minimum absolute atomic E-state index is 0.693. The summed E-state index contributed by atoms with van der Waals surface area (Å²) < 4.78 is 2.25. The molecule has 3 nitrogen and oxygen atoms in total. The number of fused-ring (bicyclic) bond motifs is 1. The van der Waals surface area contributed by atoms with Gasteiger partial charge in [-0.05, 0) is 43.5 Å². The summed E-state index contributed by atoms with van der Waals surface area (Å²) in [5, 5.41) is 1.42. The van der Waals surface area contributed by atoms with Gasteiger partial charge in [-0.25, -0.2) is 0 Å². The first-order valence-corrected chi connectivity index (χ1v) is 6.76. The number of hydrogen-bond acceptors (Lipinski definition) is 2. The molecule has 2 heterocycles. The smallest absolute Gasteiger partial charge is 0.0480 e. The third-order valence-corrected chi connectivity index (χ3v) is 4.21. The van der Waals surface area contributed by atoms with Crippen molar-refractivity contribution in [3.05, 3.63) is 36.0 Å². The number of nitrogens with zero attached hydrogens (tertiary/aromatic N) is 2. The van der Waals surface area contributed by atoms with E-state index in [0.717, 1.165) is 13.1 Å². The average molecular weight is 243 g/mol. The van der Waals surface area contributed by atoms with Crippen molar-refractivity contribution in [1.29, 1.82) is 0 Å². The molecule has 0 atom stereocenters. The van der Waals surface area contributed by atoms with E-state index in [9.17, 15) is 0 Å². The Morgan fingerprint density at radius 1 is 1.22 bits per heavy atom. The minimum atomic E-state index is 0.693. The zero-order valence-corrected chi connectivity index (χ0v) is 11.0. The van der Waals surface area contributed by atoms with Gasteiger partial charge in [0.2, 0.25) is 0 Å². The van der Waals surface area contributed by atoms with Crippen LogP contribution in [0.15, 0.2) is 30.5 Å². The van der Waals surface area contributed by atoms with Gasteiger partial charge in [-0.2, -0.15) is 0 Å². The second-order valence-electron chi connectivity index (χ2n) is 5.29. The molecule has 0 spiro atoms. The normalized spacial score (nSPS) is 18.6. The molecular weight excluding hydrogens is 222 g/mol. The molecule has 3 rings (SSSR count). The number of para-hydroxylation sites is 1. The number of rotatable bonds is 2. The fraction of sp³-hybridized carbons (Fsp3) is 0.467. The second-order valence-corrected chi connectivity index (χ2v) is 5.29. The minimum Gasteiger partial charge on any atom is -0.350 e. The molecule has 1 aliphatic heterocycles. The molecule has 1 saturated heterocycles. The maximum absolute atomic E-state index is 5.70. The number of benzene rings is 1. The summed E-state index contributed by atoms with van der Waals surface area (Å²) in [6, 6.07) is 8.71.